The molecular weight excluding hydrogens is 148 g/mol. The lowest BCUT2D eigenvalue weighted by molar-refractivity contribution is -0.117. The summed E-state index contributed by atoms with van der Waals surface area (Å²) in [7, 11) is 0. The summed E-state index contributed by atoms with van der Waals surface area (Å²) in [6.45, 7) is 1.83. The predicted octanol–water partition coefficient (Wildman–Crippen LogP) is 1.04. The van der Waals surface area contributed by atoms with Gasteiger partial charge in [0.05, 0.1) is 0 Å². The molecule has 0 fully saturated rings. The maximum atomic E-state index is 10.2. The van der Waals surface area contributed by atoms with Gasteiger partial charge in [0, 0.05) is 12.2 Å². The highest BCUT2D eigenvalue weighted by Crippen LogP contribution is 2.05. The van der Waals surface area contributed by atoms with Crippen LogP contribution in [-0.2, 0) is 4.79 Å². The Labute approximate surface area is 65.5 Å². The first-order valence-corrected chi connectivity index (χ1v) is 4.35. The Hall–Kier alpha value is -0.220. The van der Waals surface area contributed by atoms with Crippen molar-refractivity contribution in [3.63, 3.8) is 0 Å². The molecule has 60 valence electrons. The minimum absolute atomic E-state index is 0.0436. The lowest BCUT2D eigenvalue weighted by atomic mass is 10.4. The zero-order chi connectivity index (χ0) is 7.98. The van der Waals surface area contributed by atoms with Crippen molar-refractivity contribution in [2.75, 3.05) is 11.5 Å². The van der Waals surface area contributed by atoms with Crippen LogP contribution in [-0.4, -0.2) is 23.5 Å². The first kappa shape index (κ1) is 9.78. The normalized spacial score (nSPS) is 13.0. The van der Waals surface area contributed by atoms with Crippen LogP contribution >= 0.6 is 11.8 Å². The maximum Gasteiger partial charge on any atom is 0.218 e. The lowest BCUT2D eigenvalue weighted by Crippen LogP contribution is -2.11. The summed E-state index contributed by atoms with van der Waals surface area (Å²) in [6.07, 6.45) is 0.428. The number of carbonyl (C=O) groups excluding carboxylic acids is 1. The minimum Gasteiger partial charge on any atom is -0.674 e. The van der Waals surface area contributed by atoms with E-state index in [0.29, 0.717) is 6.42 Å². The lowest BCUT2D eigenvalue weighted by Gasteiger charge is -2.11. The van der Waals surface area contributed by atoms with Gasteiger partial charge in [0.15, 0.2) is 0 Å². The number of hydrogen-bond donors (Lipinski definition) is 1. The zero-order valence-electron chi connectivity index (χ0n) is 6.09. The third-order valence-corrected chi connectivity index (χ3v) is 2.09. The van der Waals surface area contributed by atoms with E-state index < -0.39 is 0 Å². The Morgan fingerprint density at radius 1 is 1.80 bits per heavy atom. The average molecular weight is 161 g/mol. The summed E-state index contributed by atoms with van der Waals surface area (Å²) in [5.41, 5.74) is 12.0. The third-order valence-electron chi connectivity index (χ3n) is 0.861. The minimum atomic E-state index is -0.259. The number of nitrogens with two attached hydrogens (primary N) is 1. The molecule has 0 unspecified atom stereocenters. The molecule has 1 atom stereocenters. The Morgan fingerprint density at radius 3 is 2.80 bits per heavy atom. The highest BCUT2D eigenvalue weighted by atomic mass is 32.2. The average Bonchev–Trinajstić information content (AvgIpc) is 1.79. The van der Waals surface area contributed by atoms with Gasteiger partial charge in [-0.05, 0) is 5.75 Å². The molecule has 0 aliphatic rings. The molecule has 0 aliphatic heterocycles. The van der Waals surface area contributed by atoms with Crippen molar-refractivity contribution in [2.45, 2.75) is 19.4 Å². The second kappa shape index (κ2) is 5.56. The van der Waals surface area contributed by atoms with E-state index in [1.54, 1.807) is 11.8 Å². The van der Waals surface area contributed by atoms with Gasteiger partial charge in [-0.15, -0.1) is 6.04 Å². The highest BCUT2D eigenvalue weighted by molar-refractivity contribution is 7.99. The molecule has 1 amide bonds. The van der Waals surface area contributed by atoms with Crippen LogP contribution in [0.15, 0.2) is 0 Å². The van der Waals surface area contributed by atoms with Gasteiger partial charge in [0.1, 0.15) is 0 Å². The van der Waals surface area contributed by atoms with Crippen LogP contribution in [0.4, 0.5) is 0 Å². The van der Waals surface area contributed by atoms with Gasteiger partial charge in [0.2, 0.25) is 5.91 Å². The molecule has 0 bridgehead atoms. The molecule has 10 heavy (non-hydrogen) atoms. The Balaban J connectivity index is 2.98. The Bertz CT molecular complexity index is 106. The second-order valence-corrected chi connectivity index (χ2v) is 3.34. The second-order valence-electron chi connectivity index (χ2n) is 2.19. The monoisotopic (exact) mass is 161 g/mol. The fraction of sp³-hybridized carbons (Fsp3) is 0.833. The summed E-state index contributed by atoms with van der Waals surface area (Å²) in [5.74, 6) is 1.27. The van der Waals surface area contributed by atoms with Crippen molar-refractivity contribution in [3.05, 3.63) is 5.73 Å². The zero-order valence-corrected chi connectivity index (χ0v) is 6.91. The van der Waals surface area contributed by atoms with E-state index in [1.165, 1.54) is 0 Å². The van der Waals surface area contributed by atoms with E-state index in [1.807, 2.05) is 6.92 Å². The highest BCUT2D eigenvalue weighted by Gasteiger charge is 1.93. The smallest absolute Gasteiger partial charge is 0.218 e. The van der Waals surface area contributed by atoms with Gasteiger partial charge in [-0.25, -0.2) is 0 Å². The number of nitrogens with one attached hydrogen (secondary N) is 1. The number of primary amides is 1. The number of hydrogen-bond acceptors (Lipinski definition) is 2. The molecule has 0 aromatic carbocycles. The van der Waals surface area contributed by atoms with Gasteiger partial charge in [-0.1, -0.05) is 6.92 Å². The molecule has 0 rings (SSSR count). The first-order chi connectivity index (χ1) is 4.63. The molecule has 0 saturated heterocycles. The molecule has 0 aromatic rings. The molecule has 0 heterocycles. The van der Waals surface area contributed by atoms with E-state index in [4.69, 9.17) is 11.5 Å². The Kier molecular flexibility index (Phi) is 5.43. The summed E-state index contributed by atoms with van der Waals surface area (Å²) >= 11 is 1.60. The van der Waals surface area contributed by atoms with Crippen molar-refractivity contribution < 1.29 is 4.79 Å². The van der Waals surface area contributed by atoms with Crippen LogP contribution in [0.25, 0.3) is 5.73 Å². The number of carbonyl (C=O) groups is 1. The molecule has 3 nitrogen and oxygen atoms in total. The standard InChI is InChI=1S/C6H13N2OS/c1-5(7)4-10-3-2-6(8)9/h5,7H,2-4H2,1H3,(H2,8,9)/q-1/t5-/m1/s1. The SMILES string of the molecule is C[C@@H]([NH-])CSCCC(N)=O. The quantitative estimate of drug-likeness (QED) is 0.612. The molecule has 0 aliphatic carbocycles. The van der Waals surface area contributed by atoms with Crippen LogP contribution in [0.5, 0.6) is 0 Å². The van der Waals surface area contributed by atoms with Crippen molar-refractivity contribution in [3.8, 4) is 0 Å². The largest absolute Gasteiger partial charge is 0.674 e. The van der Waals surface area contributed by atoms with Gasteiger partial charge in [-0.3, -0.25) is 4.79 Å². The van der Waals surface area contributed by atoms with Crippen LogP contribution in [0.1, 0.15) is 13.3 Å². The Morgan fingerprint density at radius 2 is 2.40 bits per heavy atom. The van der Waals surface area contributed by atoms with Crippen molar-refractivity contribution in [1.29, 1.82) is 0 Å². The van der Waals surface area contributed by atoms with E-state index >= 15 is 0 Å². The number of thioether (sulfide) groups is 1. The van der Waals surface area contributed by atoms with Crippen LogP contribution in [0, 0.1) is 0 Å². The van der Waals surface area contributed by atoms with Crippen molar-refractivity contribution in [2.24, 2.45) is 5.73 Å². The molecular formula is C6H13N2OS-. The molecule has 0 spiro atoms. The van der Waals surface area contributed by atoms with Crippen molar-refractivity contribution in [1.82, 2.24) is 0 Å². The van der Waals surface area contributed by atoms with Gasteiger partial charge in [-0.2, -0.15) is 11.8 Å². The van der Waals surface area contributed by atoms with Crippen LogP contribution in [0.2, 0.25) is 0 Å². The van der Waals surface area contributed by atoms with Crippen LogP contribution < -0.4 is 5.73 Å². The van der Waals surface area contributed by atoms with E-state index in [-0.39, 0.29) is 11.9 Å². The number of amides is 1. The molecule has 0 saturated carbocycles. The molecule has 0 radical (unpaired) electrons. The summed E-state index contributed by atoms with van der Waals surface area (Å²) in [6, 6.07) is -0.0436. The molecule has 3 N–H and O–H groups in total. The summed E-state index contributed by atoms with van der Waals surface area (Å²) in [4.78, 5) is 10.2. The van der Waals surface area contributed by atoms with E-state index in [2.05, 4.69) is 0 Å². The van der Waals surface area contributed by atoms with E-state index in [0.717, 1.165) is 11.5 Å². The van der Waals surface area contributed by atoms with Gasteiger partial charge >= 0.3 is 0 Å². The maximum absolute atomic E-state index is 10.2. The van der Waals surface area contributed by atoms with Gasteiger partial charge < -0.3 is 11.5 Å². The van der Waals surface area contributed by atoms with Crippen molar-refractivity contribution >= 4 is 17.7 Å². The topological polar surface area (TPSA) is 66.9 Å². The fourth-order valence-electron chi connectivity index (χ4n) is 0.433. The predicted molar refractivity (Wildman–Crippen MR) is 44.9 cm³/mol. The fourth-order valence-corrected chi connectivity index (χ4v) is 1.30. The van der Waals surface area contributed by atoms with E-state index in [9.17, 15) is 4.79 Å². The molecule has 4 heteroatoms. The summed E-state index contributed by atoms with van der Waals surface area (Å²) < 4.78 is 0. The van der Waals surface area contributed by atoms with Crippen LogP contribution in [0.3, 0.4) is 0 Å². The summed E-state index contributed by atoms with van der Waals surface area (Å²) in [5, 5.41) is 0. The van der Waals surface area contributed by atoms with Gasteiger partial charge in [0.25, 0.3) is 0 Å². The third kappa shape index (κ3) is 7.78. The first-order valence-electron chi connectivity index (χ1n) is 3.20. The molecule has 0 aromatic heterocycles. The number of rotatable bonds is 5.